The number of hydrogen-bond donors (Lipinski definition) is 0. The fourth-order valence-electron chi connectivity index (χ4n) is 5.38. The monoisotopic (exact) mass is 597 g/mol. The minimum absolute atomic E-state index is 0.000427. The predicted molar refractivity (Wildman–Crippen MR) is 163 cm³/mol. The van der Waals surface area contributed by atoms with E-state index in [9.17, 15) is 19.2 Å². The lowest BCUT2D eigenvalue weighted by atomic mass is 9.95. The Hall–Kier alpha value is -2.16. The zero-order valence-corrected chi connectivity index (χ0v) is 27.3. The molecule has 1 saturated heterocycles. The van der Waals surface area contributed by atoms with Crippen molar-refractivity contribution in [2.24, 2.45) is 5.92 Å². The number of ether oxygens (including phenoxy) is 4. The van der Waals surface area contributed by atoms with Crippen molar-refractivity contribution in [3.63, 3.8) is 0 Å². The summed E-state index contributed by atoms with van der Waals surface area (Å²) in [5.74, 6) is -0.901. The molecule has 0 aromatic rings. The van der Waals surface area contributed by atoms with Gasteiger partial charge in [-0.2, -0.15) is 0 Å². The average Bonchev–Trinajstić information content (AvgIpc) is 2.92. The molecule has 1 aliphatic heterocycles. The number of carbonyl (C=O) groups is 4. The van der Waals surface area contributed by atoms with E-state index in [1.807, 2.05) is 20.8 Å². The van der Waals surface area contributed by atoms with E-state index in [-0.39, 0.29) is 44.2 Å². The molecule has 1 aliphatic rings. The lowest BCUT2D eigenvalue weighted by molar-refractivity contribution is -0.186. The van der Waals surface area contributed by atoms with Gasteiger partial charge in [-0.15, -0.1) is 0 Å². The molecule has 0 amide bonds. The Morgan fingerprint density at radius 3 is 2.00 bits per heavy atom. The predicted octanol–water partition coefficient (Wildman–Crippen LogP) is 6.54. The summed E-state index contributed by atoms with van der Waals surface area (Å²) in [5.41, 5.74) is 0. The standard InChI is InChI=1S/C33H59NO8/c1-7-14-29(35)39-24-21-28(41-30(36)15-8-2)33(42-31(37)16-9-3)26(6)40-32(38)20-13-23-34-22-11-10-18-27(34)19-12-17-25(4)5/h25-28,33H,7-24H2,1-6H3/t26-,27?,28+,33+/m0/s1. The molecule has 0 N–H and O–H groups in total. The number of piperidine rings is 1. The van der Waals surface area contributed by atoms with Crippen molar-refractivity contribution < 1.29 is 38.1 Å². The highest BCUT2D eigenvalue weighted by Crippen LogP contribution is 2.23. The second kappa shape index (κ2) is 22.4. The van der Waals surface area contributed by atoms with Crippen LogP contribution in [0, 0.1) is 5.92 Å². The van der Waals surface area contributed by atoms with Crippen LogP contribution in [0.3, 0.4) is 0 Å². The van der Waals surface area contributed by atoms with Gasteiger partial charge in [-0.25, -0.2) is 0 Å². The highest BCUT2D eigenvalue weighted by Gasteiger charge is 2.36. The summed E-state index contributed by atoms with van der Waals surface area (Å²) in [6, 6.07) is 0.583. The molecule has 0 aromatic heterocycles. The van der Waals surface area contributed by atoms with Gasteiger partial charge >= 0.3 is 23.9 Å². The third kappa shape index (κ3) is 16.5. The highest BCUT2D eigenvalue weighted by atomic mass is 16.6. The number of likely N-dealkylation sites (tertiary alicyclic amines) is 1. The van der Waals surface area contributed by atoms with Crippen molar-refractivity contribution in [2.75, 3.05) is 19.7 Å². The smallest absolute Gasteiger partial charge is 0.306 e. The van der Waals surface area contributed by atoms with Crippen LogP contribution in [-0.2, 0) is 38.1 Å². The minimum Gasteiger partial charge on any atom is -0.466 e. The Bertz CT molecular complexity index is 786. The number of esters is 4. The van der Waals surface area contributed by atoms with Gasteiger partial charge in [0.15, 0.2) is 6.10 Å². The topological polar surface area (TPSA) is 108 Å². The van der Waals surface area contributed by atoms with E-state index >= 15 is 0 Å². The molecule has 0 radical (unpaired) electrons. The second-order valence-corrected chi connectivity index (χ2v) is 12.1. The Morgan fingerprint density at radius 2 is 1.36 bits per heavy atom. The highest BCUT2D eigenvalue weighted by molar-refractivity contribution is 5.71. The Balaban J connectivity index is 2.82. The van der Waals surface area contributed by atoms with E-state index in [4.69, 9.17) is 18.9 Å². The van der Waals surface area contributed by atoms with Crippen LogP contribution in [-0.4, -0.2) is 72.8 Å². The molecule has 9 heteroatoms. The number of hydrogen-bond acceptors (Lipinski definition) is 9. The molecule has 42 heavy (non-hydrogen) atoms. The quantitative estimate of drug-likeness (QED) is 0.102. The summed E-state index contributed by atoms with van der Waals surface area (Å²) < 4.78 is 22.5. The average molecular weight is 598 g/mol. The van der Waals surface area contributed by atoms with Crippen LogP contribution in [0.4, 0.5) is 0 Å². The summed E-state index contributed by atoms with van der Waals surface area (Å²) >= 11 is 0. The Kier molecular flexibility index (Phi) is 20.2. The lowest BCUT2D eigenvalue weighted by Gasteiger charge is -2.36. The van der Waals surface area contributed by atoms with Crippen LogP contribution in [0.2, 0.25) is 0 Å². The summed E-state index contributed by atoms with van der Waals surface area (Å²) in [6.07, 6.45) is 8.19. The summed E-state index contributed by atoms with van der Waals surface area (Å²) in [7, 11) is 0. The zero-order chi connectivity index (χ0) is 31.3. The molecular formula is C33H59NO8. The van der Waals surface area contributed by atoms with Gasteiger partial charge < -0.3 is 23.8 Å². The molecule has 4 atom stereocenters. The van der Waals surface area contributed by atoms with Crippen molar-refractivity contribution in [3.8, 4) is 0 Å². The Labute approximate surface area is 254 Å². The summed E-state index contributed by atoms with van der Waals surface area (Å²) in [6.45, 7) is 13.7. The normalized spacial score (nSPS) is 17.7. The summed E-state index contributed by atoms with van der Waals surface area (Å²) in [4.78, 5) is 52.3. The molecule has 0 aliphatic carbocycles. The van der Waals surface area contributed by atoms with Gasteiger partial charge in [0.05, 0.1) is 6.61 Å². The first-order valence-electron chi connectivity index (χ1n) is 16.6. The molecule has 1 fully saturated rings. The third-order valence-corrected chi connectivity index (χ3v) is 7.62. The molecule has 1 rings (SSSR count). The van der Waals surface area contributed by atoms with Crippen LogP contribution in [0.25, 0.3) is 0 Å². The zero-order valence-electron chi connectivity index (χ0n) is 27.3. The first-order chi connectivity index (χ1) is 20.1. The van der Waals surface area contributed by atoms with E-state index in [0.29, 0.717) is 38.1 Å². The Morgan fingerprint density at radius 1 is 0.738 bits per heavy atom. The molecule has 0 aromatic carbocycles. The van der Waals surface area contributed by atoms with Crippen molar-refractivity contribution in [1.82, 2.24) is 4.90 Å². The third-order valence-electron chi connectivity index (χ3n) is 7.62. The maximum Gasteiger partial charge on any atom is 0.306 e. The minimum atomic E-state index is -1.01. The summed E-state index contributed by atoms with van der Waals surface area (Å²) in [5, 5.41) is 0. The van der Waals surface area contributed by atoms with Crippen LogP contribution in [0.15, 0.2) is 0 Å². The molecule has 1 unspecified atom stereocenters. The molecule has 0 saturated carbocycles. The SMILES string of the molecule is CCCC(=O)OCC[C@@H](OC(=O)CCC)[C@H](OC(=O)CCC)[C@H](C)OC(=O)CCCN1CCCCC1CCCC(C)C. The van der Waals surface area contributed by atoms with Crippen LogP contribution < -0.4 is 0 Å². The number of rotatable bonds is 22. The fourth-order valence-corrected chi connectivity index (χ4v) is 5.38. The maximum absolute atomic E-state index is 12.9. The van der Waals surface area contributed by atoms with Crippen LogP contribution in [0.5, 0.6) is 0 Å². The van der Waals surface area contributed by atoms with E-state index < -0.39 is 30.3 Å². The lowest BCUT2D eigenvalue weighted by Crippen LogP contribution is -2.45. The van der Waals surface area contributed by atoms with Crippen LogP contribution >= 0.6 is 0 Å². The molecular weight excluding hydrogens is 538 g/mol. The van der Waals surface area contributed by atoms with Crippen molar-refractivity contribution >= 4 is 23.9 Å². The van der Waals surface area contributed by atoms with Gasteiger partial charge in [-0.05, 0) is 70.9 Å². The van der Waals surface area contributed by atoms with Gasteiger partial charge in [-0.1, -0.05) is 53.9 Å². The first kappa shape index (κ1) is 37.9. The second-order valence-electron chi connectivity index (χ2n) is 12.1. The number of nitrogens with zero attached hydrogens (tertiary/aromatic N) is 1. The van der Waals surface area contributed by atoms with Gasteiger partial charge in [0, 0.05) is 38.1 Å². The largest absolute Gasteiger partial charge is 0.466 e. The molecule has 1 heterocycles. The van der Waals surface area contributed by atoms with E-state index in [1.165, 1.54) is 38.5 Å². The van der Waals surface area contributed by atoms with Crippen molar-refractivity contribution in [2.45, 2.75) is 162 Å². The molecule has 244 valence electrons. The molecule has 0 bridgehead atoms. The molecule has 9 nitrogen and oxygen atoms in total. The first-order valence-corrected chi connectivity index (χ1v) is 16.6. The van der Waals surface area contributed by atoms with Gasteiger partial charge in [0.2, 0.25) is 0 Å². The molecule has 0 spiro atoms. The van der Waals surface area contributed by atoms with Gasteiger partial charge in [0.1, 0.15) is 12.2 Å². The van der Waals surface area contributed by atoms with E-state index in [0.717, 1.165) is 19.0 Å². The number of carbonyl (C=O) groups excluding carboxylic acids is 4. The van der Waals surface area contributed by atoms with Crippen molar-refractivity contribution in [3.05, 3.63) is 0 Å². The maximum atomic E-state index is 12.9. The van der Waals surface area contributed by atoms with Gasteiger partial charge in [0.25, 0.3) is 0 Å². The van der Waals surface area contributed by atoms with Crippen LogP contribution in [0.1, 0.15) is 138 Å². The van der Waals surface area contributed by atoms with E-state index in [2.05, 4.69) is 18.7 Å². The van der Waals surface area contributed by atoms with E-state index in [1.54, 1.807) is 6.92 Å². The fraction of sp³-hybridized carbons (Fsp3) is 0.879. The van der Waals surface area contributed by atoms with Gasteiger partial charge in [-0.3, -0.25) is 19.2 Å². The van der Waals surface area contributed by atoms with Crippen molar-refractivity contribution in [1.29, 1.82) is 0 Å².